The molecule has 0 spiro atoms. The van der Waals surface area contributed by atoms with Gasteiger partial charge in [-0.1, -0.05) is 12.1 Å². The lowest BCUT2D eigenvalue weighted by Crippen LogP contribution is -2.49. The summed E-state index contributed by atoms with van der Waals surface area (Å²) in [7, 11) is -3.56. The molecule has 2 fully saturated rings. The van der Waals surface area contributed by atoms with Crippen LogP contribution in [0.4, 0.5) is 10.1 Å². The van der Waals surface area contributed by atoms with E-state index in [1.807, 2.05) is 11.0 Å². The second-order valence-electron chi connectivity index (χ2n) is 8.40. The zero-order chi connectivity index (χ0) is 22.9. The van der Waals surface area contributed by atoms with Crippen LogP contribution in [0, 0.1) is 19.7 Å². The van der Waals surface area contributed by atoms with Crippen molar-refractivity contribution in [3.63, 3.8) is 0 Å². The minimum absolute atomic E-state index is 0.00492. The minimum Gasteiger partial charge on any atom is -0.366 e. The highest BCUT2D eigenvalue weighted by Crippen LogP contribution is 2.26. The number of halogens is 1. The van der Waals surface area contributed by atoms with Crippen LogP contribution in [0.1, 0.15) is 30.7 Å². The molecule has 0 N–H and O–H groups in total. The molecule has 0 saturated carbocycles. The molecule has 32 heavy (non-hydrogen) atoms. The summed E-state index contributed by atoms with van der Waals surface area (Å²) in [4.78, 5) is 16.8. The number of sulfonamides is 1. The van der Waals surface area contributed by atoms with Crippen molar-refractivity contribution in [2.45, 2.75) is 44.6 Å². The molecule has 0 atom stereocenters. The van der Waals surface area contributed by atoms with Gasteiger partial charge in [0.2, 0.25) is 15.9 Å². The Kier molecular flexibility index (Phi) is 6.52. The van der Waals surface area contributed by atoms with Gasteiger partial charge < -0.3 is 9.80 Å². The summed E-state index contributed by atoms with van der Waals surface area (Å²) >= 11 is 0. The summed E-state index contributed by atoms with van der Waals surface area (Å²) < 4.78 is 43.2. The summed E-state index contributed by atoms with van der Waals surface area (Å²) in [5.41, 5.74) is 1.61. The summed E-state index contributed by atoms with van der Waals surface area (Å²) in [6.07, 6.45) is 2.00. The Morgan fingerprint density at radius 2 is 1.69 bits per heavy atom. The average molecular weight is 464 g/mol. The molecule has 0 aliphatic carbocycles. The molecule has 2 aromatic rings. The van der Waals surface area contributed by atoms with Crippen LogP contribution >= 0.6 is 0 Å². The van der Waals surface area contributed by atoms with Gasteiger partial charge in [-0.3, -0.25) is 9.48 Å². The fourth-order valence-corrected chi connectivity index (χ4v) is 6.48. The van der Waals surface area contributed by atoms with E-state index in [0.717, 1.165) is 12.8 Å². The third-order valence-corrected chi connectivity index (χ3v) is 8.49. The van der Waals surface area contributed by atoms with E-state index in [2.05, 4.69) is 5.10 Å². The Labute approximate surface area is 188 Å². The average Bonchev–Trinajstić information content (AvgIpc) is 3.41. The molecule has 2 aliphatic heterocycles. The molecule has 0 unspecified atom stereocenters. The first-order valence-electron chi connectivity index (χ1n) is 11.1. The van der Waals surface area contributed by atoms with E-state index in [1.54, 1.807) is 35.6 Å². The highest BCUT2D eigenvalue weighted by molar-refractivity contribution is 7.89. The topological polar surface area (TPSA) is 78.8 Å². The van der Waals surface area contributed by atoms with Gasteiger partial charge in [0.25, 0.3) is 0 Å². The normalized spacial score (nSPS) is 17.8. The van der Waals surface area contributed by atoms with Crippen LogP contribution in [0.25, 0.3) is 0 Å². The van der Waals surface area contributed by atoms with Gasteiger partial charge in [-0.2, -0.15) is 9.40 Å². The number of piperazine rings is 1. The zero-order valence-electron chi connectivity index (χ0n) is 18.6. The van der Waals surface area contributed by atoms with Crippen molar-refractivity contribution in [2.24, 2.45) is 0 Å². The fourth-order valence-electron chi connectivity index (χ4n) is 4.59. The van der Waals surface area contributed by atoms with Crippen LogP contribution in [0.15, 0.2) is 29.2 Å². The van der Waals surface area contributed by atoms with Crippen LogP contribution < -0.4 is 4.90 Å². The van der Waals surface area contributed by atoms with E-state index in [0.29, 0.717) is 62.9 Å². The third kappa shape index (κ3) is 4.38. The molecule has 0 radical (unpaired) electrons. The van der Waals surface area contributed by atoms with Crippen molar-refractivity contribution in [1.29, 1.82) is 0 Å². The molecule has 3 heterocycles. The van der Waals surface area contributed by atoms with Crippen LogP contribution in [-0.2, 0) is 21.4 Å². The molecule has 8 nitrogen and oxygen atoms in total. The maximum atomic E-state index is 14.0. The van der Waals surface area contributed by atoms with E-state index < -0.39 is 10.0 Å². The lowest BCUT2D eigenvalue weighted by molar-refractivity contribution is -0.131. The van der Waals surface area contributed by atoms with E-state index in [9.17, 15) is 17.6 Å². The number of para-hydroxylation sites is 1. The molecule has 2 saturated heterocycles. The first-order chi connectivity index (χ1) is 15.3. The number of amides is 1. The number of aryl methyl sites for hydroxylation is 2. The smallest absolute Gasteiger partial charge is 0.246 e. The van der Waals surface area contributed by atoms with Gasteiger partial charge in [-0.15, -0.1) is 0 Å². The van der Waals surface area contributed by atoms with Crippen LogP contribution in [0.2, 0.25) is 0 Å². The van der Waals surface area contributed by atoms with Crippen molar-refractivity contribution in [1.82, 2.24) is 19.0 Å². The summed E-state index contributed by atoms with van der Waals surface area (Å²) in [5, 5.41) is 4.42. The summed E-state index contributed by atoms with van der Waals surface area (Å²) in [6, 6.07) is 6.67. The van der Waals surface area contributed by atoms with Crippen molar-refractivity contribution in [2.75, 3.05) is 44.2 Å². The molecular weight excluding hydrogens is 433 g/mol. The predicted octanol–water partition coefficient (Wildman–Crippen LogP) is 2.16. The molecule has 4 rings (SSSR count). The number of carbonyl (C=O) groups is 1. The van der Waals surface area contributed by atoms with Crippen molar-refractivity contribution in [3.8, 4) is 0 Å². The third-order valence-electron chi connectivity index (χ3n) is 6.34. The first-order valence-corrected chi connectivity index (χ1v) is 12.5. The Hall–Kier alpha value is -2.46. The number of aromatic nitrogens is 2. The quantitative estimate of drug-likeness (QED) is 0.656. The lowest BCUT2D eigenvalue weighted by Gasteiger charge is -2.36. The largest absolute Gasteiger partial charge is 0.366 e. The summed E-state index contributed by atoms with van der Waals surface area (Å²) in [5.74, 6) is -0.258. The SMILES string of the molecule is Cc1nn(CCC(=O)N2CCN(c3ccccc3F)CC2)c(C)c1S(=O)(=O)N1CCCC1. The Bertz CT molecular complexity index is 1090. The summed E-state index contributed by atoms with van der Waals surface area (Å²) in [6.45, 7) is 7.08. The molecule has 1 aromatic carbocycles. The Morgan fingerprint density at radius 3 is 2.34 bits per heavy atom. The highest BCUT2D eigenvalue weighted by atomic mass is 32.2. The molecule has 174 valence electrons. The molecule has 2 aliphatic rings. The molecule has 10 heteroatoms. The number of hydrogen-bond donors (Lipinski definition) is 0. The maximum absolute atomic E-state index is 14.0. The van der Waals surface area contributed by atoms with Gasteiger partial charge in [0, 0.05) is 45.7 Å². The molecule has 1 aromatic heterocycles. The van der Waals surface area contributed by atoms with E-state index in [-0.39, 0.29) is 23.0 Å². The number of carbonyl (C=O) groups excluding carboxylic acids is 1. The van der Waals surface area contributed by atoms with E-state index >= 15 is 0 Å². The van der Waals surface area contributed by atoms with Crippen molar-refractivity contribution < 1.29 is 17.6 Å². The van der Waals surface area contributed by atoms with Crippen LogP contribution in [0.5, 0.6) is 0 Å². The number of rotatable bonds is 6. The minimum atomic E-state index is -3.56. The van der Waals surface area contributed by atoms with Gasteiger partial charge in [0.1, 0.15) is 10.7 Å². The van der Waals surface area contributed by atoms with Gasteiger partial charge in [-0.05, 0) is 38.8 Å². The fraction of sp³-hybridized carbons (Fsp3) is 0.545. The molecule has 1 amide bonds. The van der Waals surface area contributed by atoms with Crippen LogP contribution in [0.3, 0.4) is 0 Å². The van der Waals surface area contributed by atoms with Crippen molar-refractivity contribution in [3.05, 3.63) is 41.5 Å². The molecule has 0 bridgehead atoms. The second-order valence-corrected chi connectivity index (χ2v) is 10.3. The van der Waals surface area contributed by atoms with E-state index in [4.69, 9.17) is 0 Å². The standard InChI is InChI=1S/C22H30FN5O3S/c1-17-22(32(30,31)27-10-5-6-11-27)18(2)28(24-17)12-9-21(29)26-15-13-25(14-16-26)20-8-4-3-7-19(20)23/h3-4,7-8H,5-6,9-16H2,1-2H3. The molecular formula is C22H30FN5O3S. The van der Waals surface area contributed by atoms with Gasteiger partial charge >= 0.3 is 0 Å². The van der Waals surface area contributed by atoms with Gasteiger partial charge in [0.15, 0.2) is 0 Å². The number of benzene rings is 1. The van der Waals surface area contributed by atoms with Crippen LogP contribution in [-0.4, -0.2) is 72.6 Å². The number of hydrogen-bond acceptors (Lipinski definition) is 5. The predicted molar refractivity (Wildman–Crippen MR) is 120 cm³/mol. The van der Waals surface area contributed by atoms with E-state index in [1.165, 1.54) is 10.4 Å². The second kappa shape index (κ2) is 9.19. The Balaban J connectivity index is 1.36. The van der Waals surface area contributed by atoms with Crippen molar-refractivity contribution >= 4 is 21.6 Å². The maximum Gasteiger partial charge on any atom is 0.246 e. The number of anilines is 1. The van der Waals surface area contributed by atoms with Gasteiger partial charge in [-0.25, -0.2) is 12.8 Å². The Morgan fingerprint density at radius 1 is 1.03 bits per heavy atom. The zero-order valence-corrected chi connectivity index (χ0v) is 19.4. The number of nitrogens with zero attached hydrogens (tertiary/aromatic N) is 5. The van der Waals surface area contributed by atoms with Gasteiger partial charge in [0.05, 0.1) is 23.6 Å². The lowest BCUT2D eigenvalue weighted by atomic mass is 10.2. The monoisotopic (exact) mass is 463 g/mol. The highest BCUT2D eigenvalue weighted by Gasteiger charge is 2.32. The first kappa shape index (κ1) is 22.7.